The lowest BCUT2D eigenvalue weighted by atomic mass is 9.77. The molecule has 1 rings (SSSR count). The number of methoxy groups -OCH3 is 1. The molecule has 0 aromatic heterocycles. The molecule has 3 nitrogen and oxygen atoms in total. The Labute approximate surface area is 67.4 Å². The molecule has 1 aliphatic carbocycles. The summed E-state index contributed by atoms with van der Waals surface area (Å²) in [4.78, 5) is 0. The van der Waals surface area contributed by atoms with Crippen LogP contribution in [-0.2, 0) is 4.74 Å². The lowest BCUT2D eigenvalue weighted by molar-refractivity contribution is -0.0760. The standard InChI is InChI=1S/C8H16N2O/c1-11-8(4-2-5-8)6-3-7(9)10/h2-6H2,1H3,(H3,9,10). The quantitative estimate of drug-likeness (QED) is 0.475. The van der Waals surface area contributed by atoms with Crippen LogP contribution in [0.5, 0.6) is 0 Å². The molecule has 3 heteroatoms. The Kier molecular flexibility index (Phi) is 2.49. The molecule has 0 bridgehead atoms. The molecular weight excluding hydrogens is 140 g/mol. The van der Waals surface area contributed by atoms with Crippen molar-refractivity contribution < 1.29 is 4.74 Å². The second-order valence-electron chi connectivity index (χ2n) is 3.27. The minimum atomic E-state index is 0.0751. The first-order valence-electron chi connectivity index (χ1n) is 4.07. The van der Waals surface area contributed by atoms with Gasteiger partial charge in [0.25, 0.3) is 0 Å². The summed E-state index contributed by atoms with van der Waals surface area (Å²) in [6.45, 7) is 0. The van der Waals surface area contributed by atoms with Gasteiger partial charge in [-0.1, -0.05) is 0 Å². The van der Waals surface area contributed by atoms with Gasteiger partial charge in [-0.2, -0.15) is 0 Å². The largest absolute Gasteiger partial charge is 0.388 e. The highest BCUT2D eigenvalue weighted by Crippen LogP contribution is 2.38. The summed E-state index contributed by atoms with van der Waals surface area (Å²) in [6.07, 6.45) is 5.12. The zero-order valence-corrected chi connectivity index (χ0v) is 7.02. The number of nitrogens with one attached hydrogen (secondary N) is 1. The van der Waals surface area contributed by atoms with E-state index in [1.54, 1.807) is 7.11 Å². The molecule has 11 heavy (non-hydrogen) atoms. The smallest absolute Gasteiger partial charge is 0.0906 e. The third-order valence-corrected chi connectivity index (χ3v) is 2.55. The Hall–Kier alpha value is -0.570. The molecule has 0 radical (unpaired) electrons. The fraction of sp³-hybridized carbons (Fsp3) is 0.875. The fourth-order valence-corrected chi connectivity index (χ4v) is 1.49. The monoisotopic (exact) mass is 156 g/mol. The van der Waals surface area contributed by atoms with E-state index in [9.17, 15) is 0 Å². The maximum absolute atomic E-state index is 7.07. The molecule has 0 atom stereocenters. The predicted molar refractivity (Wildman–Crippen MR) is 44.7 cm³/mol. The van der Waals surface area contributed by atoms with Crippen LogP contribution in [0.3, 0.4) is 0 Å². The van der Waals surface area contributed by atoms with Crippen molar-refractivity contribution in [1.29, 1.82) is 5.41 Å². The summed E-state index contributed by atoms with van der Waals surface area (Å²) < 4.78 is 5.37. The highest BCUT2D eigenvalue weighted by molar-refractivity contribution is 5.76. The van der Waals surface area contributed by atoms with E-state index in [0.29, 0.717) is 6.42 Å². The molecule has 64 valence electrons. The fourth-order valence-electron chi connectivity index (χ4n) is 1.49. The van der Waals surface area contributed by atoms with Crippen LogP contribution in [0.25, 0.3) is 0 Å². The number of nitrogens with two attached hydrogens (primary N) is 1. The number of rotatable bonds is 4. The topological polar surface area (TPSA) is 59.1 Å². The van der Waals surface area contributed by atoms with Crippen LogP contribution in [0.2, 0.25) is 0 Å². The minimum Gasteiger partial charge on any atom is -0.388 e. The molecule has 0 unspecified atom stereocenters. The second-order valence-corrected chi connectivity index (χ2v) is 3.27. The van der Waals surface area contributed by atoms with Gasteiger partial charge in [0.2, 0.25) is 0 Å². The molecule has 0 aromatic rings. The Morgan fingerprint density at radius 1 is 1.64 bits per heavy atom. The maximum Gasteiger partial charge on any atom is 0.0906 e. The van der Waals surface area contributed by atoms with Gasteiger partial charge in [-0.3, -0.25) is 5.41 Å². The average molecular weight is 156 g/mol. The van der Waals surface area contributed by atoms with Crippen molar-refractivity contribution >= 4 is 5.84 Å². The summed E-state index contributed by atoms with van der Waals surface area (Å²) in [5, 5.41) is 7.07. The molecule has 0 saturated heterocycles. The normalized spacial score (nSPS) is 20.8. The van der Waals surface area contributed by atoms with Crippen molar-refractivity contribution in [2.45, 2.75) is 37.7 Å². The van der Waals surface area contributed by atoms with E-state index < -0.39 is 0 Å². The molecule has 1 aliphatic rings. The first-order chi connectivity index (χ1) is 5.18. The van der Waals surface area contributed by atoms with E-state index in [1.165, 1.54) is 6.42 Å². The summed E-state index contributed by atoms with van der Waals surface area (Å²) in [5.41, 5.74) is 5.34. The molecule has 3 N–H and O–H groups in total. The van der Waals surface area contributed by atoms with Crippen molar-refractivity contribution in [3.63, 3.8) is 0 Å². The third kappa shape index (κ3) is 1.93. The molecular formula is C8H16N2O. The van der Waals surface area contributed by atoms with Gasteiger partial charge >= 0.3 is 0 Å². The van der Waals surface area contributed by atoms with Crippen LogP contribution in [0, 0.1) is 5.41 Å². The van der Waals surface area contributed by atoms with Gasteiger partial charge in [0, 0.05) is 13.5 Å². The third-order valence-electron chi connectivity index (χ3n) is 2.55. The van der Waals surface area contributed by atoms with Gasteiger partial charge in [-0.05, 0) is 25.7 Å². The van der Waals surface area contributed by atoms with E-state index in [2.05, 4.69) is 0 Å². The van der Waals surface area contributed by atoms with Crippen LogP contribution >= 0.6 is 0 Å². The summed E-state index contributed by atoms with van der Waals surface area (Å²) in [6, 6.07) is 0. The van der Waals surface area contributed by atoms with Gasteiger partial charge < -0.3 is 10.5 Å². The Morgan fingerprint density at radius 2 is 2.27 bits per heavy atom. The maximum atomic E-state index is 7.07. The van der Waals surface area contributed by atoms with Crippen LogP contribution in [0.15, 0.2) is 0 Å². The van der Waals surface area contributed by atoms with E-state index in [1.807, 2.05) is 0 Å². The lowest BCUT2D eigenvalue weighted by Crippen LogP contribution is -2.39. The van der Waals surface area contributed by atoms with Gasteiger partial charge in [0.15, 0.2) is 0 Å². The molecule has 0 aliphatic heterocycles. The lowest BCUT2D eigenvalue weighted by Gasteiger charge is -2.40. The van der Waals surface area contributed by atoms with Crippen LogP contribution < -0.4 is 5.73 Å². The Bertz CT molecular complexity index is 147. The Balaban J connectivity index is 2.27. The number of ether oxygens (including phenoxy) is 1. The van der Waals surface area contributed by atoms with Gasteiger partial charge in [-0.25, -0.2) is 0 Å². The van der Waals surface area contributed by atoms with Gasteiger partial charge in [-0.15, -0.1) is 0 Å². The zero-order chi connectivity index (χ0) is 8.32. The highest BCUT2D eigenvalue weighted by Gasteiger charge is 2.36. The van der Waals surface area contributed by atoms with Crippen molar-refractivity contribution in [3.8, 4) is 0 Å². The van der Waals surface area contributed by atoms with Gasteiger partial charge in [0.05, 0.1) is 11.4 Å². The average Bonchev–Trinajstić information content (AvgIpc) is 1.86. The first-order valence-corrected chi connectivity index (χ1v) is 4.07. The van der Waals surface area contributed by atoms with E-state index in [4.69, 9.17) is 15.9 Å². The zero-order valence-electron chi connectivity index (χ0n) is 7.02. The predicted octanol–water partition coefficient (Wildman–Crippen LogP) is 1.27. The number of hydrogen-bond donors (Lipinski definition) is 2. The van der Waals surface area contributed by atoms with Gasteiger partial charge in [0.1, 0.15) is 0 Å². The van der Waals surface area contributed by atoms with E-state index >= 15 is 0 Å². The summed E-state index contributed by atoms with van der Waals surface area (Å²) in [7, 11) is 1.75. The highest BCUT2D eigenvalue weighted by atomic mass is 16.5. The summed E-state index contributed by atoms with van der Waals surface area (Å²) in [5.74, 6) is 0.272. The van der Waals surface area contributed by atoms with Crippen molar-refractivity contribution in [2.75, 3.05) is 7.11 Å². The molecule has 0 heterocycles. The molecule has 1 saturated carbocycles. The minimum absolute atomic E-state index is 0.0751. The first kappa shape index (κ1) is 8.53. The van der Waals surface area contributed by atoms with E-state index in [0.717, 1.165) is 19.3 Å². The second kappa shape index (κ2) is 3.22. The molecule has 0 aromatic carbocycles. The van der Waals surface area contributed by atoms with E-state index in [-0.39, 0.29) is 11.4 Å². The molecule has 0 spiro atoms. The van der Waals surface area contributed by atoms with Crippen LogP contribution in [0.4, 0.5) is 0 Å². The van der Waals surface area contributed by atoms with Crippen molar-refractivity contribution in [3.05, 3.63) is 0 Å². The number of hydrogen-bond acceptors (Lipinski definition) is 2. The summed E-state index contributed by atoms with van der Waals surface area (Å²) >= 11 is 0. The SMILES string of the molecule is COC1(CCC(=N)N)CCC1. The molecule has 0 amide bonds. The van der Waals surface area contributed by atoms with Crippen molar-refractivity contribution in [1.82, 2.24) is 0 Å². The van der Waals surface area contributed by atoms with Crippen molar-refractivity contribution in [2.24, 2.45) is 5.73 Å². The van der Waals surface area contributed by atoms with Crippen LogP contribution in [-0.4, -0.2) is 18.5 Å². The van der Waals surface area contributed by atoms with Crippen LogP contribution in [0.1, 0.15) is 32.1 Å². The molecule has 1 fully saturated rings. The Morgan fingerprint density at radius 3 is 2.55 bits per heavy atom. The number of amidine groups is 1.